The summed E-state index contributed by atoms with van der Waals surface area (Å²) in [7, 11) is 0. The van der Waals surface area contributed by atoms with Gasteiger partial charge in [-0.1, -0.05) is 49.2 Å². The summed E-state index contributed by atoms with van der Waals surface area (Å²) in [5, 5.41) is 15.4. The van der Waals surface area contributed by atoms with Crippen LogP contribution in [0, 0.1) is 5.41 Å². The molecule has 1 aliphatic heterocycles. The highest BCUT2D eigenvalue weighted by molar-refractivity contribution is 6.30. The molecule has 30 heavy (non-hydrogen) atoms. The van der Waals surface area contributed by atoms with E-state index in [9.17, 15) is 14.7 Å². The Kier molecular flexibility index (Phi) is 6.46. The molecule has 1 saturated heterocycles. The topological polar surface area (TPSA) is 69.6 Å². The Morgan fingerprint density at radius 2 is 1.57 bits per heavy atom. The van der Waals surface area contributed by atoms with Crippen LogP contribution in [0.5, 0.6) is 0 Å². The molecule has 5 nitrogen and oxygen atoms in total. The summed E-state index contributed by atoms with van der Waals surface area (Å²) in [6.07, 6.45) is 0.394. The quantitative estimate of drug-likeness (QED) is 0.733. The summed E-state index contributed by atoms with van der Waals surface area (Å²) >= 11 is 11.8. The Bertz CT molecular complexity index is 928. The normalized spacial score (nSPS) is 21.7. The number of piperidine rings is 1. The van der Waals surface area contributed by atoms with E-state index >= 15 is 0 Å². The lowest BCUT2D eigenvalue weighted by atomic mass is 9.66. The van der Waals surface area contributed by atoms with Gasteiger partial charge in [0, 0.05) is 34.1 Å². The predicted octanol–water partition coefficient (Wildman–Crippen LogP) is 4.26. The second kappa shape index (κ2) is 8.58. The van der Waals surface area contributed by atoms with Crippen molar-refractivity contribution in [3.8, 4) is 0 Å². The zero-order chi connectivity index (χ0) is 22.1. The van der Waals surface area contributed by atoms with Crippen molar-refractivity contribution in [1.29, 1.82) is 0 Å². The lowest BCUT2D eigenvalue weighted by Crippen LogP contribution is -2.59. The molecule has 2 N–H and O–H groups in total. The van der Waals surface area contributed by atoms with Gasteiger partial charge in [-0.3, -0.25) is 9.59 Å². The van der Waals surface area contributed by atoms with Crippen molar-refractivity contribution in [3.63, 3.8) is 0 Å². The molecule has 1 aliphatic rings. The average molecular weight is 449 g/mol. The number of benzene rings is 2. The molecule has 160 valence electrons. The number of hydrogen-bond acceptors (Lipinski definition) is 3. The molecule has 0 bridgehead atoms. The van der Waals surface area contributed by atoms with Gasteiger partial charge < -0.3 is 15.3 Å². The van der Waals surface area contributed by atoms with Gasteiger partial charge in [-0.05, 0) is 55.3 Å². The van der Waals surface area contributed by atoms with Crippen molar-refractivity contribution in [2.45, 2.75) is 38.8 Å². The standard InChI is InChI=1S/C23H26Cl2N2O3/c1-15(26-20(28)16-4-8-18(24)9-5-16)21(29)27-13-12-23(30,22(2,3)14-27)17-6-10-19(25)11-7-17/h4-11,15,30H,12-14H2,1-3H3,(H,26,28)/t15-,23+/m1/s1. The first kappa shape index (κ1) is 22.6. The van der Waals surface area contributed by atoms with Gasteiger partial charge in [0.2, 0.25) is 5.91 Å². The van der Waals surface area contributed by atoms with E-state index in [4.69, 9.17) is 23.2 Å². The lowest BCUT2D eigenvalue weighted by Gasteiger charge is -2.51. The summed E-state index contributed by atoms with van der Waals surface area (Å²) in [6.45, 7) is 6.31. The molecule has 7 heteroatoms. The molecule has 0 aromatic heterocycles. The fourth-order valence-corrected chi connectivity index (χ4v) is 4.24. The van der Waals surface area contributed by atoms with Crippen LogP contribution in [0.4, 0.5) is 0 Å². The minimum atomic E-state index is -1.08. The SMILES string of the molecule is C[C@@H](NC(=O)c1ccc(Cl)cc1)C(=O)N1CC[C@](O)(c2ccc(Cl)cc2)C(C)(C)C1. The second-order valence-electron chi connectivity index (χ2n) is 8.46. The van der Waals surface area contributed by atoms with E-state index in [0.29, 0.717) is 35.1 Å². The smallest absolute Gasteiger partial charge is 0.251 e. The predicted molar refractivity (Wildman–Crippen MR) is 119 cm³/mol. The summed E-state index contributed by atoms with van der Waals surface area (Å²) in [5.41, 5.74) is -0.443. The molecule has 2 amide bonds. The number of carbonyl (C=O) groups excluding carboxylic acids is 2. The Hall–Kier alpha value is -2.08. The van der Waals surface area contributed by atoms with Crippen molar-refractivity contribution in [3.05, 3.63) is 69.7 Å². The van der Waals surface area contributed by atoms with Gasteiger partial charge in [-0.2, -0.15) is 0 Å². The van der Waals surface area contributed by atoms with Crippen LogP contribution in [-0.2, 0) is 10.4 Å². The summed E-state index contributed by atoms with van der Waals surface area (Å²) in [5.74, 6) is -0.509. The van der Waals surface area contributed by atoms with E-state index in [-0.39, 0.29) is 11.8 Å². The minimum Gasteiger partial charge on any atom is -0.384 e. The lowest BCUT2D eigenvalue weighted by molar-refractivity contribution is -0.154. The summed E-state index contributed by atoms with van der Waals surface area (Å²) in [6, 6.07) is 13.0. The van der Waals surface area contributed by atoms with Crippen LogP contribution in [0.15, 0.2) is 48.5 Å². The van der Waals surface area contributed by atoms with Gasteiger partial charge in [-0.25, -0.2) is 0 Å². The number of likely N-dealkylation sites (tertiary alicyclic amines) is 1. The fraction of sp³-hybridized carbons (Fsp3) is 0.391. The number of aliphatic hydroxyl groups is 1. The third kappa shape index (κ3) is 4.48. The van der Waals surface area contributed by atoms with E-state index in [2.05, 4.69) is 5.32 Å². The van der Waals surface area contributed by atoms with Crippen LogP contribution in [0.1, 0.15) is 43.1 Å². The highest BCUT2D eigenvalue weighted by Gasteiger charge is 2.50. The van der Waals surface area contributed by atoms with Gasteiger partial charge in [0.1, 0.15) is 6.04 Å². The highest BCUT2D eigenvalue weighted by Crippen LogP contribution is 2.46. The zero-order valence-corrected chi connectivity index (χ0v) is 18.8. The van der Waals surface area contributed by atoms with Crippen molar-refractivity contribution >= 4 is 35.0 Å². The number of rotatable bonds is 4. The molecule has 0 spiro atoms. The minimum absolute atomic E-state index is 0.177. The van der Waals surface area contributed by atoms with Crippen LogP contribution in [0.25, 0.3) is 0 Å². The number of carbonyl (C=O) groups is 2. The first-order valence-electron chi connectivity index (χ1n) is 9.87. The molecule has 2 atom stereocenters. The molecule has 1 heterocycles. The zero-order valence-electron chi connectivity index (χ0n) is 17.3. The van der Waals surface area contributed by atoms with E-state index in [1.54, 1.807) is 48.2 Å². The van der Waals surface area contributed by atoms with Crippen LogP contribution in [0.2, 0.25) is 10.0 Å². The van der Waals surface area contributed by atoms with E-state index < -0.39 is 17.1 Å². The first-order valence-corrected chi connectivity index (χ1v) is 10.6. The van der Waals surface area contributed by atoms with Crippen LogP contribution in [-0.4, -0.2) is 41.0 Å². The number of nitrogens with zero attached hydrogens (tertiary/aromatic N) is 1. The molecule has 3 rings (SSSR count). The van der Waals surface area contributed by atoms with Gasteiger partial charge in [0.25, 0.3) is 5.91 Å². The Balaban J connectivity index is 1.68. The van der Waals surface area contributed by atoms with Gasteiger partial charge in [-0.15, -0.1) is 0 Å². The Morgan fingerprint density at radius 1 is 1.03 bits per heavy atom. The van der Waals surface area contributed by atoms with Crippen LogP contribution >= 0.6 is 23.2 Å². The van der Waals surface area contributed by atoms with Crippen LogP contribution < -0.4 is 5.32 Å². The van der Waals surface area contributed by atoms with Crippen molar-refractivity contribution in [2.75, 3.05) is 13.1 Å². The maximum Gasteiger partial charge on any atom is 0.251 e. The van der Waals surface area contributed by atoms with E-state index in [1.807, 2.05) is 26.0 Å². The largest absolute Gasteiger partial charge is 0.384 e. The molecule has 0 aliphatic carbocycles. The summed E-state index contributed by atoms with van der Waals surface area (Å²) in [4.78, 5) is 27.1. The summed E-state index contributed by atoms with van der Waals surface area (Å²) < 4.78 is 0. The average Bonchev–Trinajstić information content (AvgIpc) is 2.70. The molecule has 0 unspecified atom stereocenters. The Morgan fingerprint density at radius 3 is 2.10 bits per heavy atom. The molecule has 1 fully saturated rings. The second-order valence-corrected chi connectivity index (χ2v) is 9.34. The van der Waals surface area contributed by atoms with E-state index in [1.165, 1.54) is 0 Å². The number of nitrogens with one attached hydrogen (secondary N) is 1. The monoisotopic (exact) mass is 448 g/mol. The maximum absolute atomic E-state index is 13.0. The van der Waals surface area contributed by atoms with Crippen molar-refractivity contribution < 1.29 is 14.7 Å². The number of amides is 2. The molecule has 0 radical (unpaired) electrons. The van der Waals surface area contributed by atoms with Crippen LogP contribution in [0.3, 0.4) is 0 Å². The first-order chi connectivity index (χ1) is 14.0. The fourth-order valence-electron chi connectivity index (χ4n) is 3.99. The third-order valence-electron chi connectivity index (χ3n) is 5.91. The van der Waals surface area contributed by atoms with E-state index in [0.717, 1.165) is 5.56 Å². The van der Waals surface area contributed by atoms with Crippen molar-refractivity contribution in [2.24, 2.45) is 5.41 Å². The van der Waals surface area contributed by atoms with Gasteiger partial charge in [0.15, 0.2) is 0 Å². The number of hydrogen-bond donors (Lipinski definition) is 2. The molecule has 0 saturated carbocycles. The van der Waals surface area contributed by atoms with Crippen molar-refractivity contribution in [1.82, 2.24) is 10.2 Å². The van der Waals surface area contributed by atoms with Gasteiger partial charge >= 0.3 is 0 Å². The molecule has 2 aromatic rings. The molecular weight excluding hydrogens is 423 g/mol. The third-order valence-corrected chi connectivity index (χ3v) is 6.41. The Labute approximate surface area is 187 Å². The van der Waals surface area contributed by atoms with Gasteiger partial charge in [0.05, 0.1) is 5.60 Å². The molecule has 2 aromatic carbocycles. The highest BCUT2D eigenvalue weighted by atomic mass is 35.5. The number of halogens is 2. The maximum atomic E-state index is 13.0. The molecular formula is C23H26Cl2N2O3.